The summed E-state index contributed by atoms with van der Waals surface area (Å²) in [5, 5.41) is 3.00. The Labute approximate surface area is 160 Å². The summed E-state index contributed by atoms with van der Waals surface area (Å²) in [6.07, 6.45) is 0. The molecule has 0 atom stereocenters. The fraction of sp³-hybridized carbons (Fsp3) is 0.381. The molecule has 1 aliphatic heterocycles. The fourth-order valence-electron chi connectivity index (χ4n) is 2.93. The maximum atomic E-state index is 12.2. The zero-order valence-corrected chi connectivity index (χ0v) is 16.6. The van der Waals surface area contributed by atoms with E-state index in [0.717, 1.165) is 31.9 Å². The van der Waals surface area contributed by atoms with Crippen molar-refractivity contribution in [3.05, 3.63) is 53.6 Å². The van der Waals surface area contributed by atoms with Crippen LogP contribution in [-0.4, -0.2) is 55.5 Å². The Morgan fingerprint density at radius 2 is 1.62 bits per heavy atom. The first-order valence-electron chi connectivity index (χ1n) is 9.05. The largest absolute Gasteiger partial charge is 0.325 e. The summed E-state index contributed by atoms with van der Waals surface area (Å²) < 4.78 is 0. The molecular weight excluding hydrogens is 342 g/mol. The Morgan fingerprint density at radius 1 is 0.962 bits per heavy atom. The van der Waals surface area contributed by atoms with Crippen molar-refractivity contribution in [1.29, 1.82) is 0 Å². The predicted molar refractivity (Wildman–Crippen MR) is 109 cm³/mol. The second kappa shape index (κ2) is 8.71. The van der Waals surface area contributed by atoms with Crippen LogP contribution in [0.5, 0.6) is 0 Å². The zero-order chi connectivity index (χ0) is 18.5. The van der Waals surface area contributed by atoms with Crippen molar-refractivity contribution >= 4 is 23.4 Å². The Hall–Kier alpha value is -1.82. The van der Waals surface area contributed by atoms with Crippen molar-refractivity contribution < 1.29 is 4.79 Å². The van der Waals surface area contributed by atoms with Gasteiger partial charge in [0, 0.05) is 41.7 Å². The van der Waals surface area contributed by atoms with E-state index >= 15 is 0 Å². The summed E-state index contributed by atoms with van der Waals surface area (Å²) in [5.41, 5.74) is 3.48. The number of nitrogens with zero attached hydrogens (tertiary/aromatic N) is 2. The fourth-order valence-corrected chi connectivity index (χ4v) is 3.85. The predicted octanol–water partition coefficient (Wildman–Crippen LogP) is 3.64. The number of hydrogen-bond donors (Lipinski definition) is 1. The summed E-state index contributed by atoms with van der Waals surface area (Å²) in [6, 6.07) is 14.6. The molecule has 138 valence electrons. The van der Waals surface area contributed by atoms with E-state index in [1.165, 1.54) is 20.9 Å². The van der Waals surface area contributed by atoms with Gasteiger partial charge in [-0.15, -0.1) is 0 Å². The van der Waals surface area contributed by atoms with E-state index in [4.69, 9.17) is 0 Å². The van der Waals surface area contributed by atoms with Crippen LogP contribution in [0.15, 0.2) is 52.3 Å². The highest BCUT2D eigenvalue weighted by Crippen LogP contribution is 2.29. The minimum Gasteiger partial charge on any atom is -0.325 e. The van der Waals surface area contributed by atoms with Gasteiger partial charge in [-0.1, -0.05) is 17.8 Å². The van der Waals surface area contributed by atoms with Gasteiger partial charge in [0.25, 0.3) is 0 Å². The van der Waals surface area contributed by atoms with Crippen molar-refractivity contribution in [3.8, 4) is 0 Å². The van der Waals surface area contributed by atoms with Crippen LogP contribution < -0.4 is 5.32 Å². The van der Waals surface area contributed by atoms with E-state index in [0.29, 0.717) is 6.54 Å². The normalized spacial score (nSPS) is 15.8. The van der Waals surface area contributed by atoms with Crippen LogP contribution in [0.1, 0.15) is 11.1 Å². The minimum atomic E-state index is 0.0594. The summed E-state index contributed by atoms with van der Waals surface area (Å²) >= 11 is 1.74. The summed E-state index contributed by atoms with van der Waals surface area (Å²) in [6.45, 7) is 8.69. The van der Waals surface area contributed by atoms with Crippen LogP contribution >= 0.6 is 11.8 Å². The van der Waals surface area contributed by atoms with Crippen LogP contribution in [0.25, 0.3) is 0 Å². The van der Waals surface area contributed by atoms with Gasteiger partial charge in [0.05, 0.1) is 6.54 Å². The number of amides is 1. The third-order valence-electron chi connectivity index (χ3n) is 4.82. The molecule has 0 aromatic heterocycles. The standard InChI is InChI=1S/C21H27N3OS/c1-16-4-7-20(14-17(16)2)26-19-8-5-18(6-9-19)22-21(25)15-24-12-10-23(3)11-13-24/h4-9,14H,10-13,15H2,1-3H3,(H,22,25). The van der Waals surface area contributed by atoms with Crippen molar-refractivity contribution in [2.24, 2.45) is 0 Å². The van der Waals surface area contributed by atoms with E-state index in [1.54, 1.807) is 11.8 Å². The molecule has 1 N–H and O–H groups in total. The Kier molecular flexibility index (Phi) is 6.35. The van der Waals surface area contributed by atoms with E-state index in [1.807, 2.05) is 12.1 Å². The molecule has 0 aliphatic carbocycles. The molecular formula is C21H27N3OS. The number of carbonyl (C=O) groups excluding carboxylic acids is 1. The average molecular weight is 370 g/mol. The summed E-state index contributed by atoms with van der Waals surface area (Å²) in [7, 11) is 2.12. The molecule has 1 heterocycles. The SMILES string of the molecule is Cc1ccc(Sc2ccc(NC(=O)CN3CCN(C)CC3)cc2)cc1C. The number of nitrogens with one attached hydrogen (secondary N) is 1. The molecule has 0 bridgehead atoms. The van der Waals surface area contributed by atoms with Gasteiger partial charge in [-0.25, -0.2) is 0 Å². The number of benzene rings is 2. The summed E-state index contributed by atoms with van der Waals surface area (Å²) in [4.78, 5) is 19.1. The van der Waals surface area contributed by atoms with Gasteiger partial charge in [0.2, 0.25) is 5.91 Å². The highest BCUT2D eigenvalue weighted by molar-refractivity contribution is 7.99. The average Bonchev–Trinajstić information content (AvgIpc) is 2.62. The van der Waals surface area contributed by atoms with Gasteiger partial charge in [0.1, 0.15) is 0 Å². The molecule has 0 unspecified atom stereocenters. The third kappa shape index (κ3) is 5.34. The smallest absolute Gasteiger partial charge is 0.238 e. The van der Waals surface area contributed by atoms with Crippen LogP contribution in [0.4, 0.5) is 5.69 Å². The van der Waals surface area contributed by atoms with Crippen LogP contribution in [0, 0.1) is 13.8 Å². The number of anilines is 1. The van der Waals surface area contributed by atoms with Crippen molar-refractivity contribution in [1.82, 2.24) is 9.80 Å². The number of piperazine rings is 1. The first kappa shape index (κ1) is 19.0. The molecule has 0 spiro atoms. The zero-order valence-electron chi connectivity index (χ0n) is 15.8. The number of hydrogen-bond acceptors (Lipinski definition) is 4. The quantitative estimate of drug-likeness (QED) is 0.873. The van der Waals surface area contributed by atoms with Gasteiger partial charge in [-0.3, -0.25) is 9.69 Å². The molecule has 26 heavy (non-hydrogen) atoms. The van der Waals surface area contributed by atoms with Crippen molar-refractivity contribution in [2.45, 2.75) is 23.6 Å². The molecule has 1 aliphatic rings. The lowest BCUT2D eigenvalue weighted by atomic mass is 10.1. The molecule has 1 amide bonds. The Balaban J connectivity index is 1.52. The molecule has 4 nitrogen and oxygen atoms in total. The van der Waals surface area contributed by atoms with E-state index in [9.17, 15) is 4.79 Å². The first-order chi connectivity index (χ1) is 12.5. The molecule has 2 aromatic rings. The first-order valence-corrected chi connectivity index (χ1v) is 9.87. The van der Waals surface area contributed by atoms with E-state index < -0.39 is 0 Å². The van der Waals surface area contributed by atoms with E-state index in [-0.39, 0.29) is 5.91 Å². The minimum absolute atomic E-state index is 0.0594. The maximum Gasteiger partial charge on any atom is 0.238 e. The Bertz CT molecular complexity index is 752. The number of aryl methyl sites for hydroxylation is 2. The Morgan fingerprint density at radius 3 is 2.27 bits per heavy atom. The number of likely N-dealkylation sites (N-methyl/N-ethyl adjacent to an activating group) is 1. The molecule has 1 saturated heterocycles. The second-order valence-corrected chi connectivity index (χ2v) is 8.15. The lowest BCUT2D eigenvalue weighted by Crippen LogP contribution is -2.47. The molecule has 5 heteroatoms. The van der Waals surface area contributed by atoms with Crippen molar-refractivity contribution in [3.63, 3.8) is 0 Å². The van der Waals surface area contributed by atoms with Gasteiger partial charge in [0.15, 0.2) is 0 Å². The lowest BCUT2D eigenvalue weighted by molar-refractivity contribution is -0.117. The number of carbonyl (C=O) groups is 1. The van der Waals surface area contributed by atoms with Gasteiger partial charge >= 0.3 is 0 Å². The molecule has 2 aromatic carbocycles. The number of rotatable bonds is 5. The second-order valence-electron chi connectivity index (χ2n) is 7.00. The molecule has 3 rings (SSSR count). The molecule has 1 fully saturated rings. The van der Waals surface area contributed by atoms with Gasteiger partial charge in [-0.05, 0) is 68.4 Å². The summed E-state index contributed by atoms with van der Waals surface area (Å²) in [5.74, 6) is 0.0594. The van der Waals surface area contributed by atoms with Crippen LogP contribution in [-0.2, 0) is 4.79 Å². The highest BCUT2D eigenvalue weighted by atomic mass is 32.2. The highest BCUT2D eigenvalue weighted by Gasteiger charge is 2.16. The monoisotopic (exact) mass is 369 g/mol. The van der Waals surface area contributed by atoms with Crippen LogP contribution in [0.2, 0.25) is 0 Å². The topological polar surface area (TPSA) is 35.6 Å². The maximum absolute atomic E-state index is 12.2. The lowest BCUT2D eigenvalue weighted by Gasteiger charge is -2.31. The third-order valence-corrected chi connectivity index (χ3v) is 5.81. The van der Waals surface area contributed by atoms with Gasteiger partial charge in [-0.2, -0.15) is 0 Å². The van der Waals surface area contributed by atoms with Gasteiger partial charge < -0.3 is 10.2 Å². The molecule has 0 saturated carbocycles. The van der Waals surface area contributed by atoms with Crippen molar-refractivity contribution in [2.75, 3.05) is 45.1 Å². The molecule has 0 radical (unpaired) electrons. The van der Waals surface area contributed by atoms with Crippen LogP contribution in [0.3, 0.4) is 0 Å². The van der Waals surface area contributed by atoms with E-state index in [2.05, 4.69) is 66.3 Å².